The summed E-state index contributed by atoms with van der Waals surface area (Å²) in [6, 6.07) is 28.6. The number of pyridine rings is 2. The van der Waals surface area contributed by atoms with E-state index in [2.05, 4.69) is 46.4 Å². The molecule has 8 heteroatoms. The standard InChI is InChI=1S/2C15H15NOS2/c2*17-13-9-11-5-1-2-6-12(11)10-14(13)18-19-15-7-3-4-8-16-15/h2*1-8,13-14,17H,9-10H2/t2*13-,14-/m10/s1. The van der Waals surface area contributed by atoms with Crippen LogP contribution >= 0.6 is 43.2 Å². The average Bonchev–Trinajstić information content (AvgIpc) is 2.96. The lowest BCUT2D eigenvalue weighted by Crippen LogP contribution is -2.31. The van der Waals surface area contributed by atoms with E-state index in [4.69, 9.17) is 0 Å². The minimum atomic E-state index is -0.267. The fourth-order valence-corrected chi connectivity index (χ4v) is 9.51. The highest BCUT2D eigenvalue weighted by atomic mass is 33.1. The molecule has 196 valence electrons. The minimum absolute atomic E-state index is 0.238. The van der Waals surface area contributed by atoms with Gasteiger partial charge in [-0.25, -0.2) is 9.97 Å². The third-order valence-electron chi connectivity index (χ3n) is 6.59. The van der Waals surface area contributed by atoms with Gasteiger partial charge in [-0.15, -0.1) is 0 Å². The van der Waals surface area contributed by atoms with E-state index in [1.165, 1.54) is 22.3 Å². The number of hydrogen-bond acceptors (Lipinski definition) is 8. The summed E-state index contributed by atoms with van der Waals surface area (Å²) in [6.45, 7) is 0. The molecule has 2 aliphatic rings. The number of aliphatic hydroxyl groups excluding tert-OH is 2. The lowest BCUT2D eigenvalue weighted by atomic mass is 9.89. The second-order valence-corrected chi connectivity index (χ2v) is 14.2. The van der Waals surface area contributed by atoms with Crippen molar-refractivity contribution < 1.29 is 10.2 Å². The van der Waals surface area contributed by atoms with E-state index in [1.807, 2.05) is 48.5 Å². The van der Waals surface area contributed by atoms with Crippen LogP contribution in [-0.2, 0) is 25.7 Å². The molecule has 6 rings (SSSR count). The molecule has 4 aromatic rings. The minimum Gasteiger partial charge on any atom is -0.392 e. The topological polar surface area (TPSA) is 66.2 Å². The van der Waals surface area contributed by atoms with Gasteiger partial charge in [0.05, 0.1) is 12.2 Å². The van der Waals surface area contributed by atoms with Crippen LogP contribution in [-0.4, -0.2) is 42.9 Å². The van der Waals surface area contributed by atoms with Gasteiger partial charge in [-0.05, 0) is 93.8 Å². The SMILES string of the molecule is O[C@@H]1Cc2ccccc2C[C@H]1SSc1ccccn1.O[C@H]1Cc2ccccc2C[C@@H]1SSc1ccccn1. The summed E-state index contributed by atoms with van der Waals surface area (Å²) >= 11 is 0. The molecule has 0 saturated carbocycles. The van der Waals surface area contributed by atoms with Gasteiger partial charge in [-0.1, -0.05) is 82.3 Å². The molecule has 0 aliphatic heterocycles. The van der Waals surface area contributed by atoms with Gasteiger partial charge >= 0.3 is 0 Å². The van der Waals surface area contributed by atoms with Crippen LogP contribution in [0.5, 0.6) is 0 Å². The molecule has 38 heavy (non-hydrogen) atoms. The summed E-state index contributed by atoms with van der Waals surface area (Å²) in [5, 5.41) is 23.0. The van der Waals surface area contributed by atoms with Crippen molar-refractivity contribution in [1.82, 2.24) is 9.97 Å². The van der Waals surface area contributed by atoms with Crippen LogP contribution in [0.2, 0.25) is 0 Å². The largest absolute Gasteiger partial charge is 0.392 e. The number of hydrogen-bond donors (Lipinski definition) is 2. The zero-order valence-electron chi connectivity index (χ0n) is 20.8. The van der Waals surface area contributed by atoms with Gasteiger partial charge < -0.3 is 10.2 Å². The normalized spacial score (nSPS) is 21.9. The van der Waals surface area contributed by atoms with E-state index >= 15 is 0 Å². The lowest BCUT2D eigenvalue weighted by Gasteiger charge is -2.28. The second kappa shape index (κ2) is 13.9. The molecule has 0 saturated heterocycles. The van der Waals surface area contributed by atoms with Crippen molar-refractivity contribution in [2.24, 2.45) is 0 Å². The van der Waals surface area contributed by atoms with E-state index in [1.54, 1.807) is 55.6 Å². The highest BCUT2D eigenvalue weighted by Gasteiger charge is 2.28. The Bertz CT molecular complexity index is 1190. The molecule has 0 radical (unpaired) electrons. The van der Waals surface area contributed by atoms with Gasteiger partial charge in [0.25, 0.3) is 0 Å². The molecule has 0 fully saturated rings. The first-order chi connectivity index (χ1) is 18.7. The van der Waals surface area contributed by atoms with Gasteiger partial charge in [0.2, 0.25) is 0 Å². The summed E-state index contributed by atoms with van der Waals surface area (Å²) < 4.78 is 0. The quantitative estimate of drug-likeness (QED) is 0.245. The van der Waals surface area contributed by atoms with Crippen molar-refractivity contribution in [3.05, 3.63) is 120 Å². The first-order valence-electron chi connectivity index (χ1n) is 12.6. The van der Waals surface area contributed by atoms with Crippen molar-refractivity contribution in [2.75, 3.05) is 0 Å². The Morgan fingerprint density at radius 2 is 0.868 bits per heavy atom. The predicted octanol–water partition coefficient (Wildman–Crippen LogP) is 6.70. The smallest absolute Gasteiger partial charge is 0.106 e. The Morgan fingerprint density at radius 3 is 1.24 bits per heavy atom. The van der Waals surface area contributed by atoms with E-state index in [9.17, 15) is 10.2 Å². The van der Waals surface area contributed by atoms with Gasteiger partial charge in [-0.2, -0.15) is 0 Å². The predicted molar refractivity (Wildman–Crippen MR) is 163 cm³/mol. The Labute approximate surface area is 240 Å². The zero-order valence-corrected chi connectivity index (χ0v) is 24.1. The number of aromatic nitrogens is 2. The summed E-state index contributed by atoms with van der Waals surface area (Å²) in [7, 11) is 6.75. The fraction of sp³-hybridized carbons (Fsp3) is 0.267. The number of aliphatic hydroxyl groups is 2. The molecule has 0 bridgehead atoms. The van der Waals surface area contributed by atoms with E-state index in [-0.39, 0.29) is 22.7 Å². The Balaban J connectivity index is 0.000000155. The van der Waals surface area contributed by atoms with Crippen molar-refractivity contribution in [3.63, 3.8) is 0 Å². The summed E-state index contributed by atoms with van der Waals surface area (Å²) in [4.78, 5) is 8.59. The van der Waals surface area contributed by atoms with Crippen LogP contribution in [0.15, 0.2) is 107 Å². The molecule has 0 spiro atoms. The molecule has 0 unspecified atom stereocenters. The molecular weight excluding hydrogens is 549 g/mol. The van der Waals surface area contributed by atoms with Crippen molar-refractivity contribution in [3.8, 4) is 0 Å². The Kier molecular flexibility index (Phi) is 10.1. The Hall–Kier alpha value is -1.94. The average molecular weight is 579 g/mol. The monoisotopic (exact) mass is 578 g/mol. The van der Waals surface area contributed by atoms with Crippen LogP contribution in [0.4, 0.5) is 0 Å². The van der Waals surface area contributed by atoms with Gasteiger partial charge in [0, 0.05) is 22.9 Å². The second-order valence-electron chi connectivity index (χ2n) is 9.26. The molecular formula is C30H30N2O2S4. The molecule has 4 nitrogen and oxygen atoms in total. The summed E-state index contributed by atoms with van der Waals surface area (Å²) in [5.41, 5.74) is 5.31. The van der Waals surface area contributed by atoms with E-state index in [0.29, 0.717) is 0 Å². The van der Waals surface area contributed by atoms with Crippen LogP contribution in [0.3, 0.4) is 0 Å². The van der Waals surface area contributed by atoms with Gasteiger partial charge in [0.1, 0.15) is 10.1 Å². The Morgan fingerprint density at radius 1 is 0.500 bits per heavy atom. The van der Waals surface area contributed by atoms with Crippen molar-refractivity contribution in [2.45, 2.75) is 58.4 Å². The molecule has 2 N–H and O–H groups in total. The van der Waals surface area contributed by atoms with Crippen LogP contribution in [0.1, 0.15) is 22.3 Å². The molecule has 2 aliphatic carbocycles. The third kappa shape index (κ3) is 7.58. The maximum Gasteiger partial charge on any atom is 0.106 e. The first kappa shape index (κ1) is 27.6. The van der Waals surface area contributed by atoms with Gasteiger partial charge in [-0.3, -0.25) is 0 Å². The molecule has 2 aromatic carbocycles. The number of benzene rings is 2. The highest BCUT2D eigenvalue weighted by Crippen LogP contribution is 2.40. The van der Waals surface area contributed by atoms with E-state index in [0.717, 1.165) is 35.7 Å². The fourth-order valence-electron chi connectivity index (χ4n) is 4.54. The highest BCUT2D eigenvalue weighted by molar-refractivity contribution is 8.77. The van der Waals surface area contributed by atoms with Crippen LogP contribution in [0, 0.1) is 0 Å². The molecule has 4 atom stereocenters. The number of fused-ring (bicyclic) bond motifs is 2. The first-order valence-corrected chi connectivity index (χ1v) is 17.1. The van der Waals surface area contributed by atoms with Crippen molar-refractivity contribution in [1.29, 1.82) is 0 Å². The summed E-state index contributed by atoms with van der Waals surface area (Å²) in [6.07, 6.45) is 6.45. The molecule has 2 aromatic heterocycles. The van der Waals surface area contributed by atoms with Crippen molar-refractivity contribution >= 4 is 43.2 Å². The van der Waals surface area contributed by atoms with Gasteiger partial charge in [0.15, 0.2) is 0 Å². The maximum absolute atomic E-state index is 10.2. The lowest BCUT2D eigenvalue weighted by molar-refractivity contribution is 0.165. The van der Waals surface area contributed by atoms with Crippen LogP contribution < -0.4 is 0 Å². The van der Waals surface area contributed by atoms with Crippen LogP contribution in [0.25, 0.3) is 0 Å². The maximum atomic E-state index is 10.2. The van der Waals surface area contributed by atoms with E-state index < -0.39 is 0 Å². The molecule has 0 amide bonds. The molecule has 2 heterocycles. The summed E-state index contributed by atoms with van der Waals surface area (Å²) in [5.74, 6) is 0. The number of rotatable bonds is 6. The zero-order chi connectivity index (χ0) is 26.2. The third-order valence-corrected chi connectivity index (χ3v) is 12.1. The number of nitrogens with zero attached hydrogens (tertiary/aromatic N) is 2.